The van der Waals surface area contributed by atoms with Crippen molar-refractivity contribution in [2.24, 2.45) is 4.99 Å². The maximum atomic E-state index is 11.8. The molecule has 0 bridgehead atoms. The number of aliphatic imine (C=N–C) groups is 1. The Kier molecular flexibility index (Phi) is 2.41. The van der Waals surface area contributed by atoms with Crippen molar-refractivity contribution in [3.05, 3.63) is 0 Å². The number of amides is 3. The first kappa shape index (κ1) is 11.2. The number of imide groups is 1. The minimum absolute atomic E-state index is 0.292. The van der Waals surface area contributed by atoms with Crippen LogP contribution in [0.5, 0.6) is 0 Å². The second-order valence-corrected chi connectivity index (χ2v) is 3.79. The number of nitrogens with zero attached hydrogens (tertiary/aromatic N) is 4. The molecule has 1 unspecified atom stereocenters. The molecule has 8 heteroatoms. The molecule has 0 radical (unpaired) electrons. The van der Waals surface area contributed by atoms with E-state index in [-0.39, 0.29) is 6.54 Å². The number of hydrogen-bond donors (Lipinski definition) is 1. The zero-order valence-corrected chi connectivity index (χ0v) is 9.32. The lowest BCUT2D eigenvalue weighted by atomic mass is 10.2. The molecule has 17 heavy (non-hydrogen) atoms. The summed E-state index contributed by atoms with van der Waals surface area (Å²) >= 11 is 0. The number of carboxylic acids is 1. The number of carbonyl (C=O) groups is 3. The molecule has 0 aliphatic carbocycles. The smallest absolute Gasteiger partial charge is 0.388 e. The van der Waals surface area contributed by atoms with Crippen molar-refractivity contribution in [3.63, 3.8) is 0 Å². The minimum atomic E-state index is -1.06. The van der Waals surface area contributed by atoms with Crippen molar-refractivity contribution in [3.8, 4) is 0 Å². The molecule has 3 amide bonds. The van der Waals surface area contributed by atoms with E-state index in [1.54, 1.807) is 0 Å². The number of aliphatic carboxylic acids is 1. The summed E-state index contributed by atoms with van der Waals surface area (Å²) in [5, 5.41) is 8.72. The fourth-order valence-corrected chi connectivity index (χ4v) is 1.85. The van der Waals surface area contributed by atoms with Gasteiger partial charge >= 0.3 is 12.0 Å². The van der Waals surface area contributed by atoms with E-state index in [1.165, 1.54) is 29.9 Å². The molecule has 1 N–H and O–H groups in total. The fraction of sp³-hybridized carbons (Fsp3) is 0.444. The molecule has 0 aromatic rings. The SMILES string of the molecule is CN1C(=O)C2N=C[N+](CC(=O)O)=C2N(C)C1=O. The largest absolute Gasteiger partial charge is 0.479 e. The summed E-state index contributed by atoms with van der Waals surface area (Å²) in [4.78, 5) is 40.2. The van der Waals surface area contributed by atoms with Gasteiger partial charge in [0.05, 0.1) is 7.05 Å². The van der Waals surface area contributed by atoms with E-state index in [0.29, 0.717) is 5.84 Å². The fourth-order valence-electron chi connectivity index (χ4n) is 1.85. The summed E-state index contributed by atoms with van der Waals surface area (Å²) in [7, 11) is 2.85. The second-order valence-electron chi connectivity index (χ2n) is 3.79. The lowest BCUT2D eigenvalue weighted by Crippen LogP contribution is -2.60. The Morgan fingerprint density at radius 2 is 2.12 bits per heavy atom. The topological polar surface area (TPSA) is 93.3 Å². The van der Waals surface area contributed by atoms with Crippen LogP contribution in [0.3, 0.4) is 0 Å². The molecular formula is C9H11N4O4+. The molecule has 2 aliphatic heterocycles. The molecule has 2 aliphatic rings. The van der Waals surface area contributed by atoms with Crippen LogP contribution in [0.15, 0.2) is 4.99 Å². The lowest BCUT2D eigenvalue weighted by molar-refractivity contribution is -0.391. The molecular weight excluding hydrogens is 228 g/mol. The highest BCUT2D eigenvalue weighted by molar-refractivity contribution is 6.20. The van der Waals surface area contributed by atoms with Gasteiger partial charge < -0.3 is 5.11 Å². The van der Waals surface area contributed by atoms with Crippen molar-refractivity contribution >= 4 is 30.1 Å². The number of fused-ring (bicyclic) bond motifs is 1. The molecule has 0 spiro atoms. The maximum Gasteiger partial charge on any atom is 0.388 e. The van der Waals surface area contributed by atoms with Crippen LogP contribution in [-0.4, -0.2) is 76.2 Å². The van der Waals surface area contributed by atoms with Gasteiger partial charge in [-0.2, -0.15) is 0 Å². The van der Waals surface area contributed by atoms with Crippen molar-refractivity contribution < 1.29 is 24.1 Å². The van der Waals surface area contributed by atoms with Crippen LogP contribution in [0, 0.1) is 0 Å². The van der Waals surface area contributed by atoms with E-state index >= 15 is 0 Å². The van der Waals surface area contributed by atoms with Crippen LogP contribution in [-0.2, 0) is 9.59 Å². The highest BCUT2D eigenvalue weighted by Crippen LogP contribution is 2.16. The number of hydrogen-bond acceptors (Lipinski definition) is 4. The first-order valence-corrected chi connectivity index (χ1v) is 4.87. The van der Waals surface area contributed by atoms with Gasteiger partial charge in [-0.25, -0.2) is 19.1 Å². The summed E-state index contributed by atoms with van der Waals surface area (Å²) in [6.07, 6.45) is 1.27. The Labute approximate surface area is 96.4 Å². The third kappa shape index (κ3) is 1.57. The van der Waals surface area contributed by atoms with Gasteiger partial charge in [-0.05, 0) is 0 Å². The van der Waals surface area contributed by atoms with Crippen LogP contribution in [0.2, 0.25) is 0 Å². The molecule has 90 valence electrons. The predicted octanol–water partition coefficient (Wildman–Crippen LogP) is -1.58. The van der Waals surface area contributed by atoms with Gasteiger partial charge in [-0.3, -0.25) is 9.69 Å². The number of urea groups is 1. The second kappa shape index (κ2) is 3.65. The summed E-state index contributed by atoms with van der Waals surface area (Å²) in [5.74, 6) is -1.22. The van der Waals surface area contributed by atoms with Gasteiger partial charge in [-0.15, -0.1) is 4.99 Å². The van der Waals surface area contributed by atoms with E-state index < -0.39 is 23.9 Å². The van der Waals surface area contributed by atoms with Crippen molar-refractivity contribution in [2.75, 3.05) is 20.6 Å². The molecule has 1 atom stereocenters. The Hall–Kier alpha value is -2.25. The van der Waals surface area contributed by atoms with Crippen LogP contribution < -0.4 is 0 Å². The Morgan fingerprint density at radius 3 is 2.71 bits per heavy atom. The standard InChI is InChI=1S/C9H10N4O4/c1-11-7-6(8(16)12(2)9(11)17)10-4-13(7)3-5(14)15/h4,6H,3H2,1-2H3/p+1. The first-order chi connectivity index (χ1) is 7.93. The number of amidine groups is 1. The Balaban J connectivity index is 2.43. The van der Waals surface area contributed by atoms with Gasteiger partial charge in [-0.1, -0.05) is 0 Å². The molecule has 1 saturated heterocycles. The molecule has 0 saturated carbocycles. The number of likely N-dealkylation sites (N-methyl/N-ethyl adjacent to an activating group) is 2. The highest BCUT2D eigenvalue weighted by Gasteiger charge is 2.50. The predicted molar refractivity (Wildman–Crippen MR) is 56.0 cm³/mol. The summed E-state index contributed by atoms with van der Waals surface area (Å²) < 4.78 is 1.29. The summed E-state index contributed by atoms with van der Waals surface area (Å²) in [6.45, 7) is -0.329. The van der Waals surface area contributed by atoms with Crippen LogP contribution in [0.1, 0.15) is 0 Å². The zero-order valence-electron chi connectivity index (χ0n) is 9.32. The Morgan fingerprint density at radius 1 is 1.47 bits per heavy atom. The van der Waals surface area contributed by atoms with Gasteiger partial charge in [0.1, 0.15) is 0 Å². The number of rotatable bonds is 2. The molecule has 8 nitrogen and oxygen atoms in total. The van der Waals surface area contributed by atoms with Crippen LogP contribution in [0.4, 0.5) is 4.79 Å². The van der Waals surface area contributed by atoms with Crippen LogP contribution >= 0.6 is 0 Å². The van der Waals surface area contributed by atoms with Crippen molar-refractivity contribution in [2.45, 2.75) is 6.04 Å². The van der Waals surface area contributed by atoms with E-state index in [4.69, 9.17) is 5.11 Å². The van der Waals surface area contributed by atoms with Gasteiger partial charge in [0.2, 0.25) is 6.34 Å². The molecule has 0 aromatic heterocycles. The van der Waals surface area contributed by atoms with E-state index in [0.717, 1.165) is 4.90 Å². The van der Waals surface area contributed by atoms with Gasteiger partial charge in [0, 0.05) is 7.05 Å². The van der Waals surface area contributed by atoms with Gasteiger partial charge in [0.25, 0.3) is 17.8 Å². The third-order valence-electron chi connectivity index (χ3n) is 2.68. The van der Waals surface area contributed by atoms with Crippen molar-refractivity contribution in [1.29, 1.82) is 0 Å². The van der Waals surface area contributed by atoms with Crippen LogP contribution in [0.25, 0.3) is 0 Å². The maximum absolute atomic E-state index is 11.8. The lowest BCUT2D eigenvalue weighted by Gasteiger charge is -2.27. The summed E-state index contributed by atoms with van der Waals surface area (Å²) in [6, 6.07) is -1.32. The zero-order chi connectivity index (χ0) is 12.7. The third-order valence-corrected chi connectivity index (χ3v) is 2.68. The van der Waals surface area contributed by atoms with E-state index in [2.05, 4.69) is 4.99 Å². The minimum Gasteiger partial charge on any atom is -0.479 e. The molecule has 0 aromatic carbocycles. The average Bonchev–Trinajstić information content (AvgIpc) is 2.66. The quantitative estimate of drug-likeness (QED) is 0.588. The molecule has 2 heterocycles. The first-order valence-electron chi connectivity index (χ1n) is 4.87. The number of carbonyl (C=O) groups excluding carboxylic acids is 2. The monoisotopic (exact) mass is 239 g/mol. The van der Waals surface area contributed by atoms with Crippen molar-refractivity contribution in [1.82, 2.24) is 9.80 Å². The van der Waals surface area contributed by atoms with E-state index in [1.807, 2.05) is 0 Å². The number of carboxylic acid groups (broad SMARTS) is 1. The average molecular weight is 239 g/mol. The highest BCUT2D eigenvalue weighted by atomic mass is 16.4. The van der Waals surface area contributed by atoms with Gasteiger partial charge in [0.15, 0.2) is 6.54 Å². The summed E-state index contributed by atoms with van der Waals surface area (Å²) in [5.41, 5.74) is 0. The Bertz CT molecular complexity index is 481. The normalized spacial score (nSPS) is 23.5. The molecule has 1 fully saturated rings. The molecule has 2 rings (SSSR count). The van der Waals surface area contributed by atoms with E-state index in [9.17, 15) is 14.4 Å².